The highest BCUT2D eigenvalue weighted by Crippen LogP contribution is 2.01. The van der Waals surface area contributed by atoms with Crippen LogP contribution in [0, 0.1) is 0 Å². The van der Waals surface area contributed by atoms with Crippen LogP contribution in [0.1, 0.15) is 17.3 Å². The van der Waals surface area contributed by atoms with E-state index in [0.29, 0.717) is 11.4 Å². The first-order chi connectivity index (χ1) is 7.54. The summed E-state index contributed by atoms with van der Waals surface area (Å²) in [5.41, 5.74) is 5.76. The number of carbonyl (C=O) groups is 2. The highest BCUT2D eigenvalue weighted by Gasteiger charge is 2.15. The summed E-state index contributed by atoms with van der Waals surface area (Å²) in [6.45, 7) is 1.60. The molecule has 0 radical (unpaired) electrons. The zero-order valence-electron chi connectivity index (χ0n) is 9.15. The molecule has 0 spiro atoms. The van der Waals surface area contributed by atoms with Crippen LogP contribution < -0.4 is 16.4 Å². The Morgan fingerprint density at radius 3 is 2.62 bits per heavy atom. The van der Waals surface area contributed by atoms with Gasteiger partial charge in [-0.2, -0.15) is 0 Å². The fourth-order valence-electron chi connectivity index (χ4n) is 1.10. The number of nitrogens with one attached hydrogen (secondary N) is 2. The molecule has 6 nitrogen and oxygen atoms in total. The van der Waals surface area contributed by atoms with Crippen LogP contribution in [0.2, 0.25) is 0 Å². The Morgan fingerprint density at radius 2 is 2.12 bits per heavy atom. The van der Waals surface area contributed by atoms with Crippen LogP contribution >= 0.6 is 0 Å². The normalized spacial score (nSPS) is 11.6. The maximum Gasteiger partial charge on any atom is 0.253 e. The van der Waals surface area contributed by atoms with Gasteiger partial charge in [0, 0.05) is 13.2 Å². The number of rotatable bonds is 3. The number of nitrogens with two attached hydrogens (primary N) is 1. The Labute approximate surface area is 93.2 Å². The number of hydrogen-bond donors (Lipinski definition) is 3. The van der Waals surface area contributed by atoms with Crippen LogP contribution in [0.15, 0.2) is 18.3 Å². The number of anilines is 1. The number of aromatic nitrogens is 1. The van der Waals surface area contributed by atoms with Crippen LogP contribution in [-0.2, 0) is 4.79 Å². The topological polar surface area (TPSA) is 97.1 Å². The van der Waals surface area contributed by atoms with Crippen LogP contribution in [-0.4, -0.2) is 29.9 Å². The molecule has 0 bridgehead atoms. The average Bonchev–Trinajstić information content (AvgIpc) is 2.28. The summed E-state index contributed by atoms with van der Waals surface area (Å²) in [7, 11) is 1.51. The molecule has 0 aliphatic carbocycles. The molecule has 1 aromatic heterocycles. The van der Waals surface area contributed by atoms with Gasteiger partial charge in [0.15, 0.2) is 0 Å². The molecule has 1 rings (SSSR count). The minimum atomic E-state index is -0.588. The molecule has 1 atom stereocenters. The average molecular weight is 222 g/mol. The molecule has 86 valence electrons. The van der Waals surface area contributed by atoms with E-state index in [1.54, 1.807) is 13.0 Å². The zero-order valence-corrected chi connectivity index (χ0v) is 9.15. The smallest absolute Gasteiger partial charge is 0.253 e. The summed E-state index contributed by atoms with van der Waals surface area (Å²) in [5, 5.41) is 4.98. The number of likely N-dealkylation sites (N-methyl/N-ethyl adjacent to an activating group) is 1. The maximum absolute atomic E-state index is 11.6. The number of pyridine rings is 1. The number of amides is 2. The Hall–Kier alpha value is -2.11. The number of carbonyl (C=O) groups excluding carboxylic acids is 2. The van der Waals surface area contributed by atoms with E-state index in [-0.39, 0.29) is 11.8 Å². The molecule has 6 heteroatoms. The first-order valence-electron chi connectivity index (χ1n) is 4.78. The molecule has 0 saturated carbocycles. The standard InChI is InChI=1S/C10H14N4O2/c1-6(9(15)12-2)14-10(16)7-3-4-8(11)13-5-7/h3-6H,1-2H3,(H2,11,13)(H,12,15)(H,14,16). The van der Waals surface area contributed by atoms with Crippen molar-refractivity contribution in [2.75, 3.05) is 12.8 Å². The van der Waals surface area contributed by atoms with Gasteiger partial charge in [0.1, 0.15) is 11.9 Å². The predicted molar refractivity (Wildman–Crippen MR) is 59.6 cm³/mol. The Bertz CT molecular complexity index is 388. The van der Waals surface area contributed by atoms with Gasteiger partial charge in [-0.05, 0) is 19.1 Å². The maximum atomic E-state index is 11.6. The second-order valence-corrected chi connectivity index (χ2v) is 3.28. The summed E-state index contributed by atoms with van der Waals surface area (Å²) < 4.78 is 0. The number of nitrogen functional groups attached to an aromatic ring is 1. The first-order valence-corrected chi connectivity index (χ1v) is 4.78. The van der Waals surface area contributed by atoms with Gasteiger partial charge in [0.25, 0.3) is 5.91 Å². The van der Waals surface area contributed by atoms with E-state index in [1.165, 1.54) is 19.3 Å². The first kappa shape index (κ1) is 12.0. The van der Waals surface area contributed by atoms with Gasteiger partial charge in [-0.1, -0.05) is 0 Å². The summed E-state index contributed by atoms with van der Waals surface area (Å²) in [6.07, 6.45) is 1.36. The van der Waals surface area contributed by atoms with Crippen LogP contribution in [0.3, 0.4) is 0 Å². The van der Waals surface area contributed by atoms with Crippen molar-refractivity contribution in [3.05, 3.63) is 23.9 Å². The Kier molecular flexibility index (Phi) is 3.82. The third kappa shape index (κ3) is 2.94. The lowest BCUT2D eigenvalue weighted by Crippen LogP contribution is -2.43. The van der Waals surface area contributed by atoms with Crippen molar-refractivity contribution in [1.29, 1.82) is 0 Å². The summed E-state index contributed by atoms with van der Waals surface area (Å²) in [5.74, 6) is -0.267. The van der Waals surface area contributed by atoms with Gasteiger partial charge in [-0.15, -0.1) is 0 Å². The Balaban J connectivity index is 2.65. The van der Waals surface area contributed by atoms with E-state index in [2.05, 4.69) is 15.6 Å². The van der Waals surface area contributed by atoms with Crippen molar-refractivity contribution in [2.45, 2.75) is 13.0 Å². The van der Waals surface area contributed by atoms with Gasteiger partial charge < -0.3 is 16.4 Å². The van der Waals surface area contributed by atoms with Crippen LogP contribution in [0.25, 0.3) is 0 Å². The second-order valence-electron chi connectivity index (χ2n) is 3.28. The fourth-order valence-corrected chi connectivity index (χ4v) is 1.10. The van der Waals surface area contributed by atoms with E-state index < -0.39 is 6.04 Å². The summed E-state index contributed by atoms with van der Waals surface area (Å²) >= 11 is 0. The molecule has 0 fully saturated rings. The van der Waals surface area contributed by atoms with Crippen molar-refractivity contribution in [3.8, 4) is 0 Å². The summed E-state index contributed by atoms with van der Waals surface area (Å²) in [6, 6.07) is 2.49. The Morgan fingerprint density at radius 1 is 1.44 bits per heavy atom. The molecule has 0 aromatic carbocycles. The molecule has 1 unspecified atom stereocenters. The molecular weight excluding hydrogens is 208 g/mol. The van der Waals surface area contributed by atoms with Crippen molar-refractivity contribution in [1.82, 2.24) is 15.6 Å². The second kappa shape index (κ2) is 5.11. The quantitative estimate of drug-likeness (QED) is 0.644. The van der Waals surface area contributed by atoms with E-state index >= 15 is 0 Å². The summed E-state index contributed by atoms with van der Waals surface area (Å²) in [4.78, 5) is 26.6. The third-order valence-corrected chi connectivity index (χ3v) is 2.04. The van der Waals surface area contributed by atoms with Gasteiger partial charge in [-0.3, -0.25) is 9.59 Å². The van der Waals surface area contributed by atoms with Gasteiger partial charge >= 0.3 is 0 Å². The lowest BCUT2D eigenvalue weighted by atomic mass is 10.2. The van der Waals surface area contributed by atoms with Crippen molar-refractivity contribution in [2.24, 2.45) is 0 Å². The van der Waals surface area contributed by atoms with Gasteiger partial charge in [0.2, 0.25) is 5.91 Å². The molecule has 2 amide bonds. The van der Waals surface area contributed by atoms with Crippen LogP contribution in [0.4, 0.5) is 5.82 Å². The van der Waals surface area contributed by atoms with Crippen molar-refractivity contribution >= 4 is 17.6 Å². The van der Waals surface area contributed by atoms with E-state index in [1.807, 2.05) is 0 Å². The van der Waals surface area contributed by atoms with Gasteiger partial charge in [0.05, 0.1) is 5.56 Å². The molecule has 16 heavy (non-hydrogen) atoms. The SMILES string of the molecule is CNC(=O)C(C)NC(=O)c1ccc(N)nc1. The minimum absolute atomic E-state index is 0.253. The van der Waals surface area contributed by atoms with Crippen LogP contribution in [0.5, 0.6) is 0 Å². The highest BCUT2D eigenvalue weighted by atomic mass is 16.2. The monoisotopic (exact) mass is 222 g/mol. The molecule has 0 saturated heterocycles. The zero-order chi connectivity index (χ0) is 12.1. The van der Waals surface area contributed by atoms with Crippen molar-refractivity contribution < 1.29 is 9.59 Å². The largest absolute Gasteiger partial charge is 0.384 e. The van der Waals surface area contributed by atoms with Gasteiger partial charge in [-0.25, -0.2) is 4.98 Å². The molecule has 0 aliphatic heterocycles. The number of nitrogens with zero attached hydrogens (tertiary/aromatic N) is 1. The lowest BCUT2D eigenvalue weighted by molar-refractivity contribution is -0.122. The third-order valence-electron chi connectivity index (χ3n) is 2.04. The van der Waals surface area contributed by atoms with E-state index in [9.17, 15) is 9.59 Å². The molecule has 1 heterocycles. The van der Waals surface area contributed by atoms with Crippen molar-refractivity contribution in [3.63, 3.8) is 0 Å². The lowest BCUT2D eigenvalue weighted by Gasteiger charge is -2.11. The van der Waals surface area contributed by atoms with E-state index in [4.69, 9.17) is 5.73 Å². The number of hydrogen-bond acceptors (Lipinski definition) is 4. The van der Waals surface area contributed by atoms with E-state index in [0.717, 1.165) is 0 Å². The predicted octanol–water partition coefficient (Wildman–Crippen LogP) is -0.472. The molecule has 1 aromatic rings. The molecular formula is C10H14N4O2. The highest BCUT2D eigenvalue weighted by molar-refractivity contribution is 5.97. The molecule has 0 aliphatic rings. The minimum Gasteiger partial charge on any atom is -0.384 e. The fraction of sp³-hybridized carbons (Fsp3) is 0.300. The molecule has 4 N–H and O–H groups in total.